The van der Waals surface area contributed by atoms with E-state index >= 15 is 0 Å². The van der Waals surface area contributed by atoms with Crippen LogP contribution in [0.4, 0.5) is 10.5 Å². The Morgan fingerprint density at radius 1 is 1.17 bits per heavy atom. The first-order valence-electron chi connectivity index (χ1n) is 14.7. The summed E-state index contributed by atoms with van der Waals surface area (Å²) in [4.78, 5) is 30.3. The van der Waals surface area contributed by atoms with Crippen molar-refractivity contribution in [3.63, 3.8) is 0 Å². The van der Waals surface area contributed by atoms with Gasteiger partial charge in [-0.05, 0) is 88.9 Å². The topological polar surface area (TPSA) is 94.5 Å². The highest BCUT2D eigenvalue weighted by atomic mass is 32.1. The third-order valence-electron chi connectivity index (χ3n) is 7.68. The zero-order chi connectivity index (χ0) is 29.8. The molecule has 0 aliphatic heterocycles. The number of fused-ring (bicyclic) bond motifs is 1. The average Bonchev–Trinajstić information content (AvgIpc) is 3.53. The van der Waals surface area contributed by atoms with Crippen LogP contribution in [0.3, 0.4) is 0 Å². The van der Waals surface area contributed by atoms with Crippen molar-refractivity contribution >= 4 is 48.1 Å². The van der Waals surface area contributed by atoms with Crippen LogP contribution >= 0.6 is 11.3 Å². The number of alkyl carbamates (subject to hydrolysis) is 1. The van der Waals surface area contributed by atoms with Crippen molar-refractivity contribution in [3.05, 3.63) is 35.2 Å². The van der Waals surface area contributed by atoms with Crippen LogP contribution < -0.4 is 10.6 Å². The van der Waals surface area contributed by atoms with Gasteiger partial charge in [0.05, 0.1) is 11.4 Å². The highest BCUT2D eigenvalue weighted by Gasteiger charge is 2.31. The highest BCUT2D eigenvalue weighted by Crippen LogP contribution is 2.35. The Kier molecular flexibility index (Phi) is 9.97. The third kappa shape index (κ3) is 8.65. The summed E-state index contributed by atoms with van der Waals surface area (Å²) in [7, 11) is -1.19. The van der Waals surface area contributed by atoms with Crippen LogP contribution in [0.5, 0.6) is 0 Å². The van der Waals surface area contributed by atoms with E-state index in [1.165, 1.54) is 0 Å². The predicted molar refractivity (Wildman–Crippen MR) is 170 cm³/mol. The van der Waals surface area contributed by atoms with Gasteiger partial charge in [0.25, 0.3) is 0 Å². The Labute approximate surface area is 249 Å². The molecule has 41 heavy (non-hydrogen) atoms. The van der Waals surface area contributed by atoms with E-state index in [0.717, 1.165) is 66.3 Å². The lowest BCUT2D eigenvalue weighted by atomic mass is 9.78. The van der Waals surface area contributed by atoms with Crippen molar-refractivity contribution < 1.29 is 19.1 Å². The number of pyridine rings is 1. The summed E-state index contributed by atoms with van der Waals surface area (Å²) >= 11 is 1.66. The third-order valence-corrected chi connectivity index (χ3v) is 10.1. The number of ether oxygens (including phenoxy) is 2. The monoisotopic (exact) mass is 598 g/mol. The Balaban J connectivity index is 1.42. The zero-order valence-electron chi connectivity index (χ0n) is 25.6. The van der Waals surface area contributed by atoms with Gasteiger partial charge in [-0.2, -0.15) is 11.3 Å². The number of aromatic nitrogens is 2. The molecule has 3 aromatic heterocycles. The molecule has 0 radical (unpaired) electrons. The number of carbonyl (C=O) groups is 2. The van der Waals surface area contributed by atoms with Gasteiger partial charge in [0.15, 0.2) is 0 Å². The first-order chi connectivity index (χ1) is 19.3. The van der Waals surface area contributed by atoms with Crippen LogP contribution in [0.2, 0.25) is 25.7 Å². The van der Waals surface area contributed by atoms with E-state index in [-0.39, 0.29) is 24.0 Å². The molecule has 3 heterocycles. The standard InChI is InChI=1S/C31H46N4O4SSi/c1-21(33-30(37)39-31(2,3)4)22-8-10-23(11-9-22)29(36)34-26-12-14-32-28-25(26)18-27(24-13-16-40-19-24)35(28)20-38-15-17-41(5,6)7/h12-14,16,18-19,21-23H,8-11,15,17,20H2,1-7H3,(H,33,37)(H,32,34,36). The molecule has 8 nitrogen and oxygen atoms in total. The van der Waals surface area contributed by atoms with E-state index in [1.54, 1.807) is 17.5 Å². The average molecular weight is 599 g/mol. The fourth-order valence-corrected chi connectivity index (χ4v) is 6.71. The molecule has 10 heteroatoms. The summed E-state index contributed by atoms with van der Waals surface area (Å²) in [6, 6.07) is 7.20. The van der Waals surface area contributed by atoms with Crippen LogP contribution in [0.15, 0.2) is 35.2 Å². The summed E-state index contributed by atoms with van der Waals surface area (Å²) in [6.07, 6.45) is 4.72. The lowest BCUT2D eigenvalue weighted by Crippen LogP contribution is -2.42. The smallest absolute Gasteiger partial charge is 0.407 e. The maximum Gasteiger partial charge on any atom is 0.407 e. The molecule has 1 fully saturated rings. The molecule has 3 aromatic rings. The molecule has 1 unspecified atom stereocenters. The largest absolute Gasteiger partial charge is 0.444 e. The molecule has 0 spiro atoms. The Bertz CT molecular complexity index is 1320. The predicted octanol–water partition coefficient (Wildman–Crippen LogP) is 7.74. The van der Waals surface area contributed by atoms with Gasteiger partial charge >= 0.3 is 6.09 Å². The zero-order valence-corrected chi connectivity index (χ0v) is 27.4. The van der Waals surface area contributed by atoms with Gasteiger partial charge in [-0.15, -0.1) is 0 Å². The number of thiophene rings is 1. The van der Waals surface area contributed by atoms with Gasteiger partial charge in [-0.1, -0.05) is 19.6 Å². The maximum absolute atomic E-state index is 13.4. The molecule has 1 atom stereocenters. The van der Waals surface area contributed by atoms with Crippen molar-refractivity contribution in [2.45, 2.75) is 97.4 Å². The minimum absolute atomic E-state index is 0.00284. The summed E-state index contributed by atoms with van der Waals surface area (Å²) in [5, 5.41) is 11.3. The number of amides is 2. The molecule has 0 saturated heterocycles. The fourth-order valence-electron chi connectivity index (χ4n) is 5.30. The maximum atomic E-state index is 13.4. The van der Waals surface area contributed by atoms with E-state index < -0.39 is 13.7 Å². The molecular formula is C31H46N4O4SSi. The molecule has 2 amide bonds. The molecular weight excluding hydrogens is 553 g/mol. The number of rotatable bonds is 10. The second-order valence-corrected chi connectivity index (χ2v) is 19.9. The summed E-state index contributed by atoms with van der Waals surface area (Å²) in [5.74, 6) is 0.300. The molecule has 2 N–H and O–H groups in total. The van der Waals surface area contributed by atoms with Crippen molar-refractivity contribution in [3.8, 4) is 11.3 Å². The van der Waals surface area contributed by atoms with Crippen LogP contribution in [-0.2, 0) is 21.0 Å². The van der Waals surface area contributed by atoms with Crippen molar-refractivity contribution in [1.29, 1.82) is 0 Å². The van der Waals surface area contributed by atoms with Crippen LogP contribution in [0.1, 0.15) is 53.4 Å². The Morgan fingerprint density at radius 2 is 1.90 bits per heavy atom. The van der Waals surface area contributed by atoms with E-state index in [2.05, 4.69) is 57.7 Å². The summed E-state index contributed by atoms with van der Waals surface area (Å²) in [6.45, 7) is 15.8. The van der Waals surface area contributed by atoms with Crippen LogP contribution in [0.25, 0.3) is 22.3 Å². The lowest BCUT2D eigenvalue weighted by Gasteiger charge is -2.32. The minimum Gasteiger partial charge on any atom is -0.444 e. The fraction of sp³-hybridized carbons (Fsp3) is 0.581. The van der Waals surface area contributed by atoms with Crippen molar-refractivity contribution in [2.24, 2.45) is 11.8 Å². The highest BCUT2D eigenvalue weighted by molar-refractivity contribution is 7.08. The number of carbonyl (C=O) groups excluding carboxylic acids is 2. The molecule has 1 saturated carbocycles. The summed E-state index contributed by atoms with van der Waals surface area (Å²) < 4.78 is 13.7. The SMILES string of the molecule is CC(NC(=O)OC(C)(C)C)C1CCC(C(=O)Nc2ccnc3c2cc(-c2ccsc2)n3COCC[Si](C)(C)C)CC1. The Morgan fingerprint density at radius 3 is 2.54 bits per heavy atom. The van der Waals surface area contributed by atoms with Gasteiger partial charge in [0.2, 0.25) is 5.91 Å². The molecule has 0 aromatic carbocycles. The van der Waals surface area contributed by atoms with Gasteiger partial charge in [0.1, 0.15) is 18.0 Å². The van der Waals surface area contributed by atoms with Gasteiger partial charge in [-0.25, -0.2) is 9.78 Å². The van der Waals surface area contributed by atoms with Crippen molar-refractivity contribution in [2.75, 3.05) is 11.9 Å². The van der Waals surface area contributed by atoms with Crippen LogP contribution in [0, 0.1) is 11.8 Å². The number of nitrogens with one attached hydrogen (secondary N) is 2. The second kappa shape index (κ2) is 13.1. The molecule has 1 aliphatic carbocycles. The summed E-state index contributed by atoms with van der Waals surface area (Å²) in [5.41, 5.74) is 3.22. The molecule has 224 valence electrons. The van der Waals surface area contributed by atoms with E-state index in [9.17, 15) is 9.59 Å². The van der Waals surface area contributed by atoms with Crippen molar-refractivity contribution in [1.82, 2.24) is 14.9 Å². The number of hydrogen-bond donors (Lipinski definition) is 2. The number of nitrogens with zero attached hydrogens (tertiary/aromatic N) is 2. The van der Waals surface area contributed by atoms with Gasteiger partial charge in [0, 0.05) is 49.2 Å². The minimum atomic E-state index is -1.19. The van der Waals surface area contributed by atoms with E-state index in [1.807, 2.05) is 33.8 Å². The van der Waals surface area contributed by atoms with Gasteiger partial charge < -0.3 is 24.7 Å². The van der Waals surface area contributed by atoms with E-state index in [0.29, 0.717) is 12.6 Å². The first-order valence-corrected chi connectivity index (χ1v) is 19.3. The molecule has 0 bridgehead atoms. The number of anilines is 1. The van der Waals surface area contributed by atoms with Crippen LogP contribution in [-0.4, -0.2) is 47.9 Å². The number of hydrogen-bond acceptors (Lipinski definition) is 6. The quantitative estimate of drug-likeness (QED) is 0.184. The molecule has 4 rings (SSSR count). The van der Waals surface area contributed by atoms with E-state index in [4.69, 9.17) is 14.5 Å². The normalized spacial score (nSPS) is 18.7. The lowest BCUT2D eigenvalue weighted by molar-refractivity contribution is -0.121. The first kappa shape index (κ1) is 31.2. The molecule has 1 aliphatic rings. The van der Waals surface area contributed by atoms with Gasteiger partial charge in [-0.3, -0.25) is 4.79 Å². The Hall–Kier alpha value is -2.69. The second-order valence-electron chi connectivity index (χ2n) is 13.4.